The average molecular weight is 406 g/mol. The van der Waals surface area contributed by atoms with E-state index in [1.807, 2.05) is 23.6 Å². The van der Waals surface area contributed by atoms with Gasteiger partial charge in [0, 0.05) is 28.7 Å². The largest absolute Gasteiger partial charge is 0.463 e. The van der Waals surface area contributed by atoms with Crippen LogP contribution in [-0.2, 0) is 16.1 Å². The number of thiophene rings is 1. The fraction of sp³-hybridized carbons (Fsp3) is 0.263. The first kappa shape index (κ1) is 19.4. The Bertz CT molecular complexity index is 852. The number of halogens is 1. The molecule has 2 amide bonds. The van der Waals surface area contributed by atoms with E-state index in [-0.39, 0.29) is 12.6 Å². The van der Waals surface area contributed by atoms with Crippen LogP contribution in [0.4, 0.5) is 4.79 Å². The highest BCUT2D eigenvalue weighted by atomic mass is 35.5. The zero-order valence-corrected chi connectivity index (χ0v) is 16.3. The number of urea groups is 1. The molecule has 1 aromatic carbocycles. The van der Waals surface area contributed by atoms with Gasteiger partial charge in [-0.3, -0.25) is 0 Å². The number of carbonyl (C=O) groups is 2. The molecule has 27 heavy (non-hydrogen) atoms. The maximum atomic E-state index is 12.7. The fourth-order valence-corrected chi connectivity index (χ4v) is 3.79. The molecule has 1 aliphatic heterocycles. The first-order valence-corrected chi connectivity index (χ1v) is 9.81. The number of hydrogen-bond donors (Lipinski definition) is 3. The van der Waals surface area contributed by atoms with Crippen molar-refractivity contribution in [2.75, 3.05) is 13.2 Å². The van der Waals surface area contributed by atoms with Crippen molar-refractivity contribution < 1.29 is 14.3 Å². The molecule has 0 fully saturated rings. The second-order valence-electron chi connectivity index (χ2n) is 5.85. The first-order valence-electron chi connectivity index (χ1n) is 8.55. The molecule has 0 aliphatic carbocycles. The van der Waals surface area contributed by atoms with Gasteiger partial charge in [-0.2, -0.15) is 0 Å². The number of amides is 2. The smallest absolute Gasteiger partial charge is 0.338 e. The summed E-state index contributed by atoms with van der Waals surface area (Å²) in [5.74, 6) is -0.483. The monoisotopic (exact) mass is 405 g/mol. The van der Waals surface area contributed by atoms with Crippen molar-refractivity contribution in [3.8, 4) is 0 Å². The van der Waals surface area contributed by atoms with Crippen molar-refractivity contribution in [3.63, 3.8) is 0 Å². The summed E-state index contributed by atoms with van der Waals surface area (Å²) in [6.45, 7) is 2.94. The van der Waals surface area contributed by atoms with Gasteiger partial charge >= 0.3 is 12.0 Å². The Hall–Kier alpha value is -2.35. The third-order valence-electron chi connectivity index (χ3n) is 4.05. The van der Waals surface area contributed by atoms with E-state index in [9.17, 15) is 9.59 Å². The van der Waals surface area contributed by atoms with E-state index in [0.717, 1.165) is 4.88 Å². The first-order chi connectivity index (χ1) is 13.1. The van der Waals surface area contributed by atoms with E-state index in [0.29, 0.717) is 34.9 Å². The standard InChI is InChI=1S/C19H20ClN3O3S/c1-2-26-18(24)16-15(11-21-10-12-6-5-9-27-12)22-19(25)23-17(16)13-7-3-4-8-14(13)20/h3-9,17,21H,2,10-11H2,1H3,(H2,22,23,25)/t17-/m0/s1. The summed E-state index contributed by atoms with van der Waals surface area (Å²) in [6, 6.07) is 10.1. The molecular weight excluding hydrogens is 386 g/mol. The zero-order valence-electron chi connectivity index (χ0n) is 14.8. The molecule has 6 nitrogen and oxygen atoms in total. The summed E-state index contributed by atoms with van der Waals surface area (Å²) in [6.07, 6.45) is 0. The van der Waals surface area contributed by atoms with Gasteiger partial charge in [0.05, 0.1) is 18.2 Å². The number of nitrogens with one attached hydrogen (secondary N) is 3. The summed E-state index contributed by atoms with van der Waals surface area (Å²) >= 11 is 7.95. The Morgan fingerprint density at radius 1 is 1.26 bits per heavy atom. The second-order valence-corrected chi connectivity index (χ2v) is 7.29. The van der Waals surface area contributed by atoms with Crippen LogP contribution in [0.25, 0.3) is 0 Å². The molecular formula is C19H20ClN3O3S. The van der Waals surface area contributed by atoms with Crippen LogP contribution in [0.3, 0.4) is 0 Å². The van der Waals surface area contributed by atoms with Crippen LogP contribution in [0.5, 0.6) is 0 Å². The fourth-order valence-electron chi connectivity index (χ4n) is 2.87. The molecule has 1 aromatic heterocycles. The Labute approximate surface area is 166 Å². The average Bonchev–Trinajstić information content (AvgIpc) is 3.15. The number of ether oxygens (including phenoxy) is 1. The highest BCUT2D eigenvalue weighted by molar-refractivity contribution is 7.09. The zero-order chi connectivity index (χ0) is 19.2. The molecule has 3 N–H and O–H groups in total. The molecule has 0 spiro atoms. The molecule has 0 radical (unpaired) electrons. The Kier molecular flexibility index (Phi) is 6.49. The normalized spacial score (nSPS) is 16.7. The number of carbonyl (C=O) groups excluding carboxylic acids is 2. The quantitative estimate of drug-likeness (QED) is 0.617. The van der Waals surface area contributed by atoms with Crippen LogP contribution in [0.15, 0.2) is 53.0 Å². The van der Waals surface area contributed by atoms with Gasteiger partial charge in [-0.1, -0.05) is 35.9 Å². The maximum Gasteiger partial charge on any atom is 0.338 e. The molecule has 0 unspecified atom stereocenters. The highest BCUT2D eigenvalue weighted by Crippen LogP contribution is 2.32. The third-order valence-corrected chi connectivity index (χ3v) is 5.27. The lowest BCUT2D eigenvalue weighted by molar-refractivity contribution is -0.139. The molecule has 0 saturated heterocycles. The SMILES string of the molecule is CCOC(=O)C1=C(CNCc2cccs2)NC(=O)N[C@H]1c1ccccc1Cl. The Morgan fingerprint density at radius 3 is 2.78 bits per heavy atom. The highest BCUT2D eigenvalue weighted by Gasteiger charge is 2.34. The second kappa shape index (κ2) is 9.03. The van der Waals surface area contributed by atoms with Crippen LogP contribution < -0.4 is 16.0 Å². The molecule has 2 heterocycles. The lowest BCUT2D eigenvalue weighted by Crippen LogP contribution is -2.48. The van der Waals surface area contributed by atoms with Gasteiger partial charge in [-0.05, 0) is 30.0 Å². The van der Waals surface area contributed by atoms with E-state index in [1.54, 1.807) is 36.5 Å². The van der Waals surface area contributed by atoms with Crippen LogP contribution in [0.2, 0.25) is 5.02 Å². The van der Waals surface area contributed by atoms with Crippen molar-refractivity contribution >= 4 is 34.9 Å². The molecule has 142 valence electrons. The number of esters is 1. The van der Waals surface area contributed by atoms with E-state index >= 15 is 0 Å². The Balaban J connectivity index is 1.92. The third kappa shape index (κ3) is 4.68. The molecule has 2 aromatic rings. The number of hydrogen-bond acceptors (Lipinski definition) is 5. The van der Waals surface area contributed by atoms with Crippen molar-refractivity contribution in [1.82, 2.24) is 16.0 Å². The minimum absolute atomic E-state index is 0.238. The summed E-state index contributed by atoms with van der Waals surface area (Å²) in [5, 5.41) is 11.2. The predicted octanol–water partition coefficient (Wildman–Crippen LogP) is 3.36. The minimum Gasteiger partial charge on any atom is -0.463 e. The van der Waals surface area contributed by atoms with E-state index in [2.05, 4.69) is 16.0 Å². The van der Waals surface area contributed by atoms with Crippen molar-refractivity contribution in [2.45, 2.75) is 19.5 Å². The van der Waals surface area contributed by atoms with E-state index in [4.69, 9.17) is 16.3 Å². The maximum absolute atomic E-state index is 12.7. The minimum atomic E-state index is -0.676. The molecule has 1 atom stereocenters. The van der Waals surface area contributed by atoms with Gasteiger partial charge in [-0.15, -0.1) is 11.3 Å². The van der Waals surface area contributed by atoms with Crippen LogP contribution >= 0.6 is 22.9 Å². The molecule has 1 aliphatic rings. The summed E-state index contributed by atoms with van der Waals surface area (Å²) < 4.78 is 5.23. The van der Waals surface area contributed by atoms with Gasteiger partial charge in [0.2, 0.25) is 0 Å². The van der Waals surface area contributed by atoms with Crippen molar-refractivity contribution in [1.29, 1.82) is 0 Å². The van der Waals surface area contributed by atoms with Crippen LogP contribution in [-0.4, -0.2) is 25.2 Å². The molecule has 0 bridgehead atoms. The topological polar surface area (TPSA) is 79.5 Å². The Morgan fingerprint density at radius 2 is 2.07 bits per heavy atom. The lowest BCUT2D eigenvalue weighted by atomic mass is 9.95. The van der Waals surface area contributed by atoms with Crippen LogP contribution in [0, 0.1) is 0 Å². The summed E-state index contributed by atoms with van der Waals surface area (Å²) in [4.78, 5) is 26.0. The number of rotatable bonds is 7. The summed E-state index contributed by atoms with van der Waals surface area (Å²) in [5.41, 5.74) is 1.48. The van der Waals surface area contributed by atoms with Crippen molar-refractivity contribution in [3.05, 3.63) is 68.5 Å². The van der Waals surface area contributed by atoms with Gasteiger partial charge in [0.1, 0.15) is 0 Å². The molecule has 8 heteroatoms. The van der Waals surface area contributed by atoms with Crippen molar-refractivity contribution in [2.24, 2.45) is 0 Å². The van der Waals surface area contributed by atoms with Gasteiger partial charge < -0.3 is 20.7 Å². The molecule has 3 rings (SSSR count). The number of benzene rings is 1. The summed E-state index contributed by atoms with van der Waals surface area (Å²) in [7, 11) is 0. The predicted molar refractivity (Wildman–Crippen MR) is 106 cm³/mol. The van der Waals surface area contributed by atoms with Gasteiger partial charge in [-0.25, -0.2) is 9.59 Å². The molecule has 0 saturated carbocycles. The van der Waals surface area contributed by atoms with Gasteiger partial charge in [0.15, 0.2) is 0 Å². The van der Waals surface area contributed by atoms with E-state index < -0.39 is 12.0 Å². The van der Waals surface area contributed by atoms with E-state index in [1.165, 1.54) is 0 Å². The lowest BCUT2D eigenvalue weighted by Gasteiger charge is -2.30. The van der Waals surface area contributed by atoms with Gasteiger partial charge in [0.25, 0.3) is 0 Å². The van der Waals surface area contributed by atoms with Crippen LogP contribution in [0.1, 0.15) is 23.4 Å².